The summed E-state index contributed by atoms with van der Waals surface area (Å²) in [6, 6.07) is 31.7. The molecule has 1 nitrogen and oxygen atoms in total. The molecule has 0 aromatic heterocycles. The molecule has 0 radical (unpaired) electrons. The van der Waals surface area contributed by atoms with Crippen LogP contribution < -0.4 is 5.19 Å². The van der Waals surface area contributed by atoms with E-state index in [9.17, 15) is 0 Å². The fourth-order valence-electron chi connectivity index (χ4n) is 3.43. The van der Waals surface area contributed by atoms with Crippen LogP contribution in [-0.4, -0.2) is 14.7 Å². The van der Waals surface area contributed by atoms with Crippen LogP contribution in [0, 0.1) is 0 Å². The first-order valence-corrected chi connectivity index (χ1v) is 12.8. The number of rotatable bonds is 8. The molecular formula is C26H28OSi. The molecule has 0 aliphatic heterocycles. The summed E-state index contributed by atoms with van der Waals surface area (Å²) < 4.78 is 6.50. The molecule has 0 atom stereocenters. The van der Waals surface area contributed by atoms with E-state index < -0.39 is 13.7 Å². The second-order valence-corrected chi connectivity index (χ2v) is 11.8. The van der Waals surface area contributed by atoms with E-state index >= 15 is 0 Å². The minimum absolute atomic E-state index is 0.474. The van der Waals surface area contributed by atoms with Gasteiger partial charge in [-0.05, 0) is 11.1 Å². The van der Waals surface area contributed by atoms with Crippen molar-refractivity contribution in [2.45, 2.75) is 18.7 Å². The van der Waals surface area contributed by atoms with Crippen LogP contribution in [0.3, 0.4) is 0 Å². The van der Waals surface area contributed by atoms with Crippen molar-refractivity contribution >= 4 is 13.3 Å². The van der Waals surface area contributed by atoms with Gasteiger partial charge < -0.3 is 4.74 Å². The van der Waals surface area contributed by atoms with Gasteiger partial charge in [-0.25, -0.2) is 0 Å². The highest BCUT2D eigenvalue weighted by atomic mass is 28.3. The Morgan fingerprint density at radius 1 is 0.786 bits per heavy atom. The highest BCUT2D eigenvalue weighted by Crippen LogP contribution is 2.36. The minimum atomic E-state index is -1.78. The largest absolute Gasteiger partial charge is 0.357 e. The molecule has 3 rings (SSSR count). The molecule has 2 heteroatoms. The standard InChI is InChI=1S/C26H28OSi/c1-4-21-27-26(23-14-8-5-9-15-23,24-16-10-6-11-17-24)20-22-28(2,3)25-18-12-7-13-19-25/h4-20,22H,1,21H2,2-3H3/b22-20+. The van der Waals surface area contributed by atoms with Crippen LogP contribution >= 0.6 is 0 Å². The summed E-state index contributed by atoms with van der Waals surface area (Å²) in [4.78, 5) is 0. The topological polar surface area (TPSA) is 9.23 Å². The molecule has 0 bridgehead atoms. The molecule has 142 valence electrons. The van der Waals surface area contributed by atoms with Gasteiger partial charge in [0.05, 0.1) is 6.61 Å². The zero-order valence-corrected chi connectivity index (χ0v) is 17.7. The zero-order chi connectivity index (χ0) is 19.9. The number of benzene rings is 3. The van der Waals surface area contributed by atoms with E-state index in [1.807, 2.05) is 18.2 Å². The monoisotopic (exact) mass is 384 g/mol. The average molecular weight is 385 g/mol. The maximum Gasteiger partial charge on any atom is 0.136 e. The van der Waals surface area contributed by atoms with E-state index in [1.54, 1.807) is 0 Å². The summed E-state index contributed by atoms with van der Waals surface area (Å²) in [6.45, 7) is 9.08. The smallest absolute Gasteiger partial charge is 0.136 e. The summed E-state index contributed by atoms with van der Waals surface area (Å²) in [6.07, 6.45) is 4.08. The van der Waals surface area contributed by atoms with Crippen molar-refractivity contribution in [1.29, 1.82) is 0 Å². The molecule has 0 N–H and O–H groups in total. The molecule has 0 unspecified atom stereocenters. The van der Waals surface area contributed by atoms with E-state index in [-0.39, 0.29) is 0 Å². The number of hydrogen-bond donors (Lipinski definition) is 0. The van der Waals surface area contributed by atoms with Gasteiger partial charge in [0.25, 0.3) is 0 Å². The predicted molar refractivity (Wildman–Crippen MR) is 123 cm³/mol. The van der Waals surface area contributed by atoms with Gasteiger partial charge in [0.1, 0.15) is 13.7 Å². The minimum Gasteiger partial charge on any atom is -0.357 e. The number of hydrogen-bond acceptors (Lipinski definition) is 1. The van der Waals surface area contributed by atoms with Crippen LogP contribution in [0.4, 0.5) is 0 Å². The predicted octanol–water partition coefficient (Wildman–Crippen LogP) is 5.84. The molecule has 0 heterocycles. The van der Waals surface area contributed by atoms with E-state index in [1.165, 1.54) is 5.19 Å². The van der Waals surface area contributed by atoms with Crippen molar-refractivity contribution in [2.75, 3.05) is 6.61 Å². The van der Waals surface area contributed by atoms with Crippen molar-refractivity contribution in [1.82, 2.24) is 0 Å². The Labute approximate surface area is 170 Å². The van der Waals surface area contributed by atoms with Crippen molar-refractivity contribution in [3.63, 3.8) is 0 Å². The normalized spacial score (nSPS) is 12.2. The molecule has 0 amide bonds. The lowest BCUT2D eigenvalue weighted by Gasteiger charge is -2.33. The van der Waals surface area contributed by atoms with Crippen molar-refractivity contribution in [3.05, 3.63) is 127 Å². The van der Waals surface area contributed by atoms with Crippen LogP contribution in [0.25, 0.3) is 0 Å². The van der Waals surface area contributed by atoms with Gasteiger partial charge in [-0.2, -0.15) is 0 Å². The van der Waals surface area contributed by atoms with Crippen LogP contribution in [0.15, 0.2) is 115 Å². The summed E-state index contributed by atoms with van der Waals surface area (Å²) in [5.41, 5.74) is 4.00. The van der Waals surface area contributed by atoms with E-state index in [0.717, 1.165) is 11.1 Å². The summed E-state index contributed by atoms with van der Waals surface area (Å²) in [7, 11) is -1.78. The average Bonchev–Trinajstić information content (AvgIpc) is 2.76. The lowest BCUT2D eigenvalue weighted by Crippen LogP contribution is -2.40. The fraction of sp³-hybridized carbons (Fsp3) is 0.154. The summed E-state index contributed by atoms with van der Waals surface area (Å²) in [5.74, 6) is 0. The molecule has 3 aromatic carbocycles. The van der Waals surface area contributed by atoms with Crippen LogP contribution in [0.5, 0.6) is 0 Å². The van der Waals surface area contributed by atoms with E-state index in [4.69, 9.17) is 4.74 Å². The first-order valence-electron chi connectivity index (χ1n) is 9.70. The quantitative estimate of drug-likeness (QED) is 0.350. The summed E-state index contributed by atoms with van der Waals surface area (Å²) >= 11 is 0. The molecular weight excluding hydrogens is 356 g/mol. The van der Waals surface area contributed by atoms with Gasteiger partial charge in [0.15, 0.2) is 0 Å². The lowest BCUT2D eigenvalue weighted by molar-refractivity contribution is 0.0386. The Hall–Kier alpha value is -2.68. The highest BCUT2D eigenvalue weighted by molar-refractivity contribution is 6.93. The fourth-order valence-corrected chi connectivity index (χ4v) is 5.32. The maximum atomic E-state index is 6.50. The molecule has 0 spiro atoms. The summed E-state index contributed by atoms with van der Waals surface area (Å²) in [5, 5.41) is 1.41. The highest BCUT2D eigenvalue weighted by Gasteiger charge is 2.33. The number of ether oxygens (including phenoxy) is 1. The second-order valence-electron chi connectivity index (χ2n) is 7.49. The Balaban J connectivity index is 2.13. The molecule has 28 heavy (non-hydrogen) atoms. The zero-order valence-electron chi connectivity index (χ0n) is 16.7. The Bertz CT molecular complexity index is 859. The van der Waals surface area contributed by atoms with Crippen LogP contribution in [-0.2, 0) is 10.3 Å². The third-order valence-electron chi connectivity index (χ3n) is 5.09. The molecule has 0 saturated heterocycles. The Morgan fingerprint density at radius 2 is 1.25 bits per heavy atom. The molecule has 0 saturated carbocycles. The Kier molecular flexibility index (Phi) is 6.45. The second kappa shape index (κ2) is 9.00. The van der Waals surface area contributed by atoms with Crippen molar-refractivity contribution in [3.8, 4) is 0 Å². The van der Waals surface area contributed by atoms with Crippen LogP contribution in [0.1, 0.15) is 11.1 Å². The Morgan fingerprint density at radius 3 is 1.71 bits per heavy atom. The van der Waals surface area contributed by atoms with Crippen molar-refractivity contribution < 1.29 is 4.74 Å². The molecule has 3 aromatic rings. The first kappa shape index (κ1) is 20.1. The third kappa shape index (κ3) is 4.41. The van der Waals surface area contributed by atoms with Gasteiger partial charge in [0, 0.05) is 0 Å². The first-order chi connectivity index (χ1) is 13.6. The third-order valence-corrected chi connectivity index (χ3v) is 7.91. The van der Waals surface area contributed by atoms with Gasteiger partial charge in [-0.3, -0.25) is 0 Å². The van der Waals surface area contributed by atoms with Crippen molar-refractivity contribution in [2.24, 2.45) is 0 Å². The van der Waals surface area contributed by atoms with E-state index in [2.05, 4.69) is 110 Å². The van der Waals surface area contributed by atoms with Gasteiger partial charge in [-0.1, -0.05) is 127 Å². The SMILES string of the molecule is C=CCOC(/C=C/[Si](C)(C)c1ccccc1)(c1ccccc1)c1ccccc1. The maximum absolute atomic E-state index is 6.50. The van der Waals surface area contributed by atoms with Gasteiger partial charge >= 0.3 is 0 Å². The van der Waals surface area contributed by atoms with Gasteiger partial charge in [-0.15, -0.1) is 6.58 Å². The molecule has 0 aliphatic carbocycles. The van der Waals surface area contributed by atoms with Gasteiger partial charge in [0.2, 0.25) is 0 Å². The molecule has 0 aliphatic rings. The lowest BCUT2D eigenvalue weighted by atomic mass is 9.86. The van der Waals surface area contributed by atoms with E-state index in [0.29, 0.717) is 6.61 Å². The molecule has 0 fully saturated rings. The van der Waals surface area contributed by atoms with Crippen LogP contribution in [0.2, 0.25) is 13.1 Å².